The molecule has 7 heteroatoms. The molecule has 21 heavy (non-hydrogen) atoms. The van der Waals surface area contributed by atoms with Crippen LogP contribution in [-0.2, 0) is 0 Å². The van der Waals surface area contributed by atoms with E-state index in [0.717, 1.165) is 6.54 Å². The van der Waals surface area contributed by atoms with Crippen LogP contribution in [0, 0.1) is 10.1 Å². The van der Waals surface area contributed by atoms with Crippen molar-refractivity contribution in [2.24, 2.45) is 0 Å². The highest BCUT2D eigenvalue weighted by Crippen LogP contribution is 2.36. The van der Waals surface area contributed by atoms with Gasteiger partial charge in [0.05, 0.1) is 18.1 Å². The minimum atomic E-state index is -0.472. The summed E-state index contributed by atoms with van der Waals surface area (Å²) in [4.78, 5) is 14.8. The largest absolute Gasteiger partial charge is 0.497 e. The molecule has 1 aliphatic rings. The van der Waals surface area contributed by atoms with Crippen LogP contribution < -0.4 is 9.64 Å². The van der Waals surface area contributed by atoms with Crippen LogP contribution in [0.4, 0.5) is 11.4 Å². The number of ether oxygens (including phenoxy) is 1. The highest BCUT2D eigenvalue weighted by Gasteiger charge is 2.35. The molecule has 1 fully saturated rings. The van der Waals surface area contributed by atoms with Gasteiger partial charge in [0.25, 0.3) is 5.69 Å². The Morgan fingerprint density at radius 1 is 1.52 bits per heavy atom. The monoisotopic (exact) mass is 295 g/mol. The summed E-state index contributed by atoms with van der Waals surface area (Å²) in [6.45, 7) is 1.12. The second-order valence-electron chi connectivity index (χ2n) is 5.57. The third-order valence-corrected chi connectivity index (χ3v) is 3.66. The zero-order chi connectivity index (χ0) is 15.6. The van der Waals surface area contributed by atoms with Gasteiger partial charge in [-0.1, -0.05) is 0 Å². The van der Waals surface area contributed by atoms with Gasteiger partial charge in [-0.15, -0.1) is 0 Å². The molecule has 1 aromatic carbocycles. The lowest BCUT2D eigenvalue weighted by Gasteiger charge is -2.28. The molecule has 1 heterocycles. The van der Waals surface area contributed by atoms with Crippen molar-refractivity contribution in [3.05, 3.63) is 28.3 Å². The van der Waals surface area contributed by atoms with Crippen LogP contribution in [-0.4, -0.2) is 61.4 Å². The molecule has 2 unspecified atom stereocenters. The van der Waals surface area contributed by atoms with Gasteiger partial charge >= 0.3 is 0 Å². The van der Waals surface area contributed by atoms with E-state index < -0.39 is 11.0 Å². The number of benzene rings is 1. The van der Waals surface area contributed by atoms with Crippen molar-refractivity contribution in [2.75, 3.05) is 39.2 Å². The average molecular weight is 295 g/mol. The number of aliphatic hydroxyl groups is 1. The smallest absolute Gasteiger partial charge is 0.292 e. The predicted octanol–water partition coefficient (Wildman–Crippen LogP) is 1.10. The summed E-state index contributed by atoms with van der Waals surface area (Å²) in [7, 11) is 5.42. The van der Waals surface area contributed by atoms with Gasteiger partial charge in [0.2, 0.25) is 0 Å². The van der Waals surface area contributed by atoms with E-state index >= 15 is 0 Å². The molecule has 1 N–H and O–H groups in total. The van der Waals surface area contributed by atoms with Crippen molar-refractivity contribution in [3.8, 4) is 5.75 Å². The third-order valence-electron chi connectivity index (χ3n) is 3.66. The average Bonchev–Trinajstić information content (AvgIpc) is 2.77. The van der Waals surface area contributed by atoms with Crippen LogP contribution in [0.15, 0.2) is 18.2 Å². The Morgan fingerprint density at radius 2 is 2.24 bits per heavy atom. The van der Waals surface area contributed by atoms with Crippen LogP contribution in [0.3, 0.4) is 0 Å². The second kappa shape index (κ2) is 6.28. The first-order chi connectivity index (χ1) is 9.92. The molecule has 0 spiro atoms. The number of hydrogen-bond donors (Lipinski definition) is 1. The molecule has 1 aromatic rings. The number of hydrogen-bond acceptors (Lipinski definition) is 6. The molecule has 0 radical (unpaired) electrons. The molecule has 0 amide bonds. The minimum absolute atomic E-state index is 0.0358. The maximum atomic E-state index is 11.3. The Balaban J connectivity index is 2.39. The molecular formula is C14H21N3O4. The lowest BCUT2D eigenvalue weighted by Crippen LogP contribution is -2.37. The van der Waals surface area contributed by atoms with E-state index in [0.29, 0.717) is 24.4 Å². The lowest BCUT2D eigenvalue weighted by molar-refractivity contribution is -0.384. The molecule has 1 aliphatic heterocycles. The van der Waals surface area contributed by atoms with E-state index in [1.807, 2.05) is 23.9 Å². The molecule has 2 rings (SSSR count). The summed E-state index contributed by atoms with van der Waals surface area (Å²) >= 11 is 0. The van der Waals surface area contributed by atoms with Crippen molar-refractivity contribution in [3.63, 3.8) is 0 Å². The molecule has 0 aromatic heterocycles. The molecule has 0 bridgehead atoms. The molecule has 0 aliphatic carbocycles. The maximum absolute atomic E-state index is 11.3. The molecule has 2 atom stereocenters. The lowest BCUT2D eigenvalue weighted by atomic mass is 10.1. The fourth-order valence-electron chi connectivity index (χ4n) is 2.80. The van der Waals surface area contributed by atoms with Gasteiger partial charge in [-0.05, 0) is 26.6 Å². The van der Waals surface area contributed by atoms with E-state index in [1.165, 1.54) is 13.2 Å². The first-order valence-corrected chi connectivity index (χ1v) is 6.84. The van der Waals surface area contributed by atoms with Gasteiger partial charge in [0.1, 0.15) is 11.4 Å². The Bertz CT molecular complexity index is 521. The predicted molar refractivity (Wildman–Crippen MR) is 80.0 cm³/mol. The van der Waals surface area contributed by atoms with Crippen LogP contribution in [0.25, 0.3) is 0 Å². The Kier molecular flexibility index (Phi) is 4.64. The number of nitro benzene ring substituents is 1. The Labute approximate surface area is 123 Å². The van der Waals surface area contributed by atoms with E-state index in [2.05, 4.69) is 0 Å². The number of rotatable bonds is 5. The topological polar surface area (TPSA) is 79.1 Å². The van der Waals surface area contributed by atoms with E-state index in [-0.39, 0.29) is 11.7 Å². The number of anilines is 1. The number of aliphatic hydroxyl groups excluding tert-OH is 1. The van der Waals surface area contributed by atoms with Crippen molar-refractivity contribution in [1.82, 2.24) is 4.90 Å². The molecule has 116 valence electrons. The summed E-state index contributed by atoms with van der Waals surface area (Å²) in [5.74, 6) is 0.570. The van der Waals surface area contributed by atoms with E-state index in [9.17, 15) is 15.2 Å². The standard InChI is InChI=1S/C14H21N3O4/c1-15(2)8-10-6-11(18)9-16(10)14-7-12(21-3)4-5-13(14)17(19)20/h4-5,7,10-11,18H,6,8-9H2,1-3H3. The summed E-state index contributed by atoms with van der Waals surface area (Å²) in [6.07, 6.45) is 0.132. The van der Waals surface area contributed by atoms with Gasteiger partial charge in [-0.25, -0.2) is 0 Å². The molecule has 1 saturated heterocycles. The minimum Gasteiger partial charge on any atom is -0.497 e. The van der Waals surface area contributed by atoms with Gasteiger partial charge in [0, 0.05) is 31.3 Å². The van der Waals surface area contributed by atoms with Crippen LogP contribution in [0.1, 0.15) is 6.42 Å². The summed E-state index contributed by atoms with van der Waals surface area (Å²) in [6, 6.07) is 4.74. The zero-order valence-electron chi connectivity index (χ0n) is 12.5. The third kappa shape index (κ3) is 3.43. The first kappa shape index (κ1) is 15.5. The Hall–Kier alpha value is -1.86. The van der Waals surface area contributed by atoms with Crippen molar-refractivity contribution in [1.29, 1.82) is 0 Å². The highest BCUT2D eigenvalue weighted by atomic mass is 16.6. The summed E-state index contributed by atoms with van der Waals surface area (Å²) in [5.41, 5.74) is 0.538. The number of nitro groups is 1. The Morgan fingerprint density at radius 3 is 2.81 bits per heavy atom. The summed E-state index contributed by atoms with van der Waals surface area (Å²) in [5, 5.41) is 21.2. The summed E-state index contributed by atoms with van der Waals surface area (Å²) < 4.78 is 5.17. The second-order valence-corrected chi connectivity index (χ2v) is 5.57. The van der Waals surface area contributed by atoms with E-state index in [1.54, 1.807) is 12.1 Å². The van der Waals surface area contributed by atoms with Crippen LogP contribution in [0.5, 0.6) is 5.75 Å². The quantitative estimate of drug-likeness (QED) is 0.647. The number of likely N-dealkylation sites (N-methyl/N-ethyl adjacent to an activating group) is 1. The molecule has 0 saturated carbocycles. The fourth-order valence-corrected chi connectivity index (χ4v) is 2.80. The van der Waals surface area contributed by atoms with Crippen molar-refractivity contribution in [2.45, 2.75) is 18.6 Å². The molecule has 7 nitrogen and oxygen atoms in total. The zero-order valence-corrected chi connectivity index (χ0v) is 12.5. The first-order valence-electron chi connectivity index (χ1n) is 6.84. The van der Waals surface area contributed by atoms with Crippen molar-refractivity contribution >= 4 is 11.4 Å². The van der Waals surface area contributed by atoms with Crippen molar-refractivity contribution < 1.29 is 14.8 Å². The fraction of sp³-hybridized carbons (Fsp3) is 0.571. The number of methoxy groups -OCH3 is 1. The van der Waals surface area contributed by atoms with E-state index in [4.69, 9.17) is 4.74 Å². The molecular weight excluding hydrogens is 274 g/mol. The van der Waals surface area contributed by atoms with Gasteiger partial charge in [-0.2, -0.15) is 0 Å². The van der Waals surface area contributed by atoms with Crippen LogP contribution in [0.2, 0.25) is 0 Å². The maximum Gasteiger partial charge on any atom is 0.292 e. The normalized spacial score (nSPS) is 21.9. The van der Waals surface area contributed by atoms with Gasteiger partial charge in [-0.3, -0.25) is 10.1 Å². The van der Waals surface area contributed by atoms with Gasteiger partial charge in [0.15, 0.2) is 0 Å². The van der Waals surface area contributed by atoms with Crippen LogP contribution >= 0.6 is 0 Å². The highest BCUT2D eigenvalue weighted by molar-refractivity contribution is 5.67. The SMILES string of the molecule is COc1ccc([N+](=O)[O-])c(N2CC(O)CC2CN(C)C)c1. The number of β-amino-alcohol motifs (C(OH)–C–C–N with tert-alkyl or cyclic N) is 1. The van der Waals surface area contributed by atoms with Gasteiger partial charge < -0.3 is 19.6 Å². The number of nitrogens with zero attached hydrogens (tertiary/aromatic N) is 3.